The van der Waals surface area contributed by atoms with Crippen LogP contribution in [-0.2, 0) is 4.79 Å². The quantitative estimate of drug-likeness (QED) is 0.812. The van der Waals surface area contributed by atoms with Gasteiger partial charge in [0.25, 0.3) is 0 Å². The number of nitrogens with two attached hydrogens (primary N) is 1. The molecule has 0 saturated heterocycles. The van der Waals surface area contributed by atoms with E-state index >= 15 is 0 Å². The lowest BCUT2D eigenvalue weighted by atomic mass is 10.3. The van der Waals surface area contributed by atoms with Crippen molar-refractivity contribution < 1.29 is 4.79 Å². The first-order valence-corrected chi connectivity index (χ1v) is 5.05. The SMILES string of the molecule is C[C@H](Nc1ncnc(N)c1Cl)C(=O)N(C)C. The fourth-order valence-electron chi connectivity index (χ4n) is 1.14. The number of halogens is 1. The van der Waals surface area contributed by atoms with Crippen LogP contribution < -0.4 is 11.1 Å². The van der Waals surface area contributed by atoms with E-state index in [0.29, 0.717) is 5.82 Å². The first-order chi connectivity index (χ1) is 7.43. The molecule has 0 bridgehead atoms. The fraction of sp³-hybridized carbons (Fsp3) is 0.444. The zero-order chi connectivity index (χ0) is 12.3. The molecule has 1 aromatic rings. The molecule has 16 heavy (non-hydrogen) atoms. The Morgan fingerprint density at radius 3 is 2.75 bits per heavy atom. The summed E-state index contributed by atoms with van der Waals surface area (Å²) in [6.07, 6.45) is 1.29. The fourth-order valence-corrected chi connectivity index (χ4v) is 1.29. The van der Waals surface area contributed by atoms with Crippen LogP contribution >= 0.6 is 11.6 Å². The number of aromatic nitrogens is 2. The van der Waals surface area contributed by atoms with E-state index in [1.54, 1.807) is 21.0 Å². The minimum absolute atomic E-state index is 0.0757. The normalized spacial score (nSPS) is 12.0. The standard InChI is InChI=1S/C9H14ClN5O/c1-5(9(16)15(2)3)14-8-6(10)7(11)12-4-13-8/h4-5H,1-3H3,(H3,11,12,13,14)/t5-/m0/s1. The van der Waals surface area contributed by atoms with Crippen LogP contribution in [0.2, 0.25) is 5.02 Å². The third-order valence-corrected chi connectivity index (χ3v) is 2.35. The number of amides is 1. The maximum absolute atomic E-state index is 11.6. The van der Waals surface area contributed by atoms with Crippen molar-refractivity contribution in [1.82, 2.24) is 14.9 Å². The van der Waals surface area contributed by atoms with E-state index in [1.165, 1.54) is 11.2 Å². The van der Waals surface area contributed by atoms with Crippen molar-refractivity contribution in [2.75, 3.05) is 25.1 Å². The van der Waals surface area contributed by atoms with Crippen molar-refractivity contribution in [3.63, 3.8) is 0 Å². The number of hydrogen-bond donors (Lipinski definition) is 2. The van der Waals surface area contributed by atoms with Crippen LogP contribution in [0.5, 0.6) is 0 Å². The Morgan fingerprint density at radius 1 is 1.56 bits per heavy atom. The summed E-state index contributed by atoms with van der Waals surface area (Å²) >= 11 is 5.88. The predicted octanol–water partition coefficient (Wildman–Crippen LogP) is 0.601. The third kappa shape index (κ3) is 2.73. The highest BCUT2D eigenvalue weighted by atomic mass is 35.5. The minimum Gasteiger partial charge on any atom is -0.382 e. The Hall–Kier alpha value is -1.56. The highest BCUT2D eigenvalue weighted by Crippen LogP contribution is 2.23. The molecule has 0 aromatic carbocycles. The molecule has 0 aliphatic rings. The highest BCUT2D eigenvalue weighted by Gasteiger charge is 2.17. The molecule has 1 amide bonds. The molecule has 0 aliphatic carbocycles. The summed E-state index contributed by atoms with van der Waals surface area (Å²) in [5.41, 5.74) is 5.51. The van der Waals surface area contributed by atoms with Crippen LogP contribution in [0, 0.1) is 0 Å². The van der Waals surface area contributed by atoms with Gasteiger partial charge in [0.1, 0.15) is 23.2 Å². The van der Waals surface area contributed by atoms with Crippen LogP contribution in [-0.4, -0.2) is 40.9 Å². The van der Waals surface area contributed by atoms with Gasteiger partial charge in [0.05, 0.1) is 0 Å². The molecule has 1 rings (SSSR count). The number of carbonyl (C=O) groups excluding carboxylic acids is 1. The molecule has 7 heteroatoms. The van der Waals surface area contributed by atoms with Crippen LogP contribution in [0.15, 0.2) is 6.33 Å². The number of hydrogen-bond acceptors (Lipinski definition) is 5. The topological polar surface area (TPSA) is 84.1 Å². The van der Waals surface area contributed by atoms with Gasteiger partial charge in [-0.2, -0.15) is 0 Å². The van der Waals surface area contributed by atoms with Gasteiger partial charge in [-0.1, -0.05) is 11.6 Å². The van der Waals surface area contributed by atoms with Crippen LogP contribution in [0.25, 0.3) is 0 Å². The zero-order valence-electron chi connectivity index (χ0n) is 9.36. The average Bonchev–Trinajstić information content (AvgIpc) is 2.23. The molecule has 0 unspecified atom stereocenters. The molecule has 88 valence electrons. The maximum atomic E-state index is 11.6. The largest absolute Gasteiger partial charge is 0.382 e. The second kappa shape index (κ2) is 4.98. The third-order valence-electron chi connectivity index (χ3n) is 1.98. The van der Waals surface area contributed by atoms with Crippen molar-refractivity contribution in [2.45, 2.75) is 13.0 Å². The average molecular weight is 244 g/mol. The molecule has 0 spiro atoms. The van der Waals surface area contributed by atoms with Crippen molar-refractivity contribution in [3.8, 4) is 0 Å². The van der Waals surface area contributed by atoms with E-state index in [-0.39, 0.29) is 16.7 Å². The van der Waals surface area contributed by atoms with E-state index in [0.717, 1.165) is 0 Å². The molecule has 0 fully saturated rings. The van der Waals surface area contributed by atoms with E-state index in [1.807, 2.05) is 0 Å². The number of nitrogen functional groups attached to an aromatic ring is 1. The summed E-state index contributed by atoms with van der Waals surface area (Å²) < 4.78 is 0. The summed E-state index contributed by atoms with van der Waals surface area (Å²) in [5, 5.41) is 3.10. The molecule has 1 heterocycles. The second-order valence-corrected chi connectivity index (χ2v) is 3.90. The Balaban J connectivity index is 2.81. The molecular weight excluding hydrogens is 230 g/mol. The molecule has 3 N–H and O–H groups in total. The molecule has 1 aromatic heterocycles. The maximum Gasteiger partial charge on any atom is 0.244 e. The molecule has 0 saturated carbocycles. The van der Waals surface area contributed by atoms with Gasteiger partial charge in [-0.3, -0.25) is 4.79 Å². The van der Waals surface area contributed by atoms with Gasteiger partial charge in [0.2, 0.25) is 5.91 Å². The van der Waals surface area contributed by atoms with Crippen LogP contribution in [0.3, 0.4) is 0 Å². The Kier molecular flexibility index (Phi) is 3.89. The lowest BCUT2D eigenvalue weighted by Crippen LogP contribution is -2.36. The van der Waals surface area contributed by atoms with Gasteiger partial charge in [0.15, 0.2) is 5.82 Å². The summed E-state index contributed by atoms with van der Waals surface area (Å²) in [4.78, 5) is 20.7. The van der Waals surface area contributed by atoms with Gasteiger partial charge < -0.3 is 16.0 Å². The van der Waals surface area contributed by atoms with Crippen molar-refractivity contribution in [2.24, 2.45) is 0 Å². The van der Waals surface area contributed by atoms with E-state index in [9.17, 15) is 4.79 Å². The lowest BCUT2D eigenvalue weighted by Gasteiger charge is -2.18. The Labute approximate surface area is 98.8 Å². The molecule has 1 atom stereocenters. The number of nitrogens with zero attached hydrogens (tertiary/aromatic N) is 3. The number of carbonyl (C=O) groups is 1. The number of likely N-dealkylation sites (N-methyl/N-ethyl adjacent to an activating group) is 1. The lowest BCUT2D eigenvalue weighted by molar-refractivity contribution is -0.129. The van der Waals surface area contributed by atoms with Crippen LogP contribution in [0.4, 0.5) is 11.6 Å². The number of rotatable bonds is 3. The summed E-state index contributed by atoms with van der Waals surface area (Å²) in [6.45, 7) is 1.72. The van der Waals surface area contributed by atoms with E-state index < -0.39 is 6.04 Å². The molecular formula is C9H14ClN5O. The number of anilines is 2. The molecule has 0 radical (unpaired) electrons. The van der Waals surface area contributed by atoms with Gasteiger partial charge in [-0.05, 0) is 6.92 Å². The van der Waals surface area contributed by atoms with Gasteiger partial charge in [0, 0.05) is 14.1 Å². The van der Waals surface area contributed by atoms with E-state index in [4.69, 9.17) is 17.3 Å². The highest BCUT2D eigenvalue weighted by molar-refractivity contribution is 6.35. The second-order valence-electron chi connectivity index (χ2n) is 3.52. The first kappa shape index (κ1) is 12.5. The Bertz CT molecular complexity index is 395. The van der Waals surface area contributed by atoms with Crippen molar-refractivity contribution >= 4 is 29.1 Å². The first-order valence-electron chi connectivity index (χ1n) is 4.67. The monoisotopic (exact) mass is 243 g/mol. The van der Waals surface area contributed by atoms with Crippen molar-refractivity contribution in [3.05, 3.63) is 11.3 Å². The van der Waals surface area contributed by atoms with E-state index in [2.05, 4.69) is 15.3 Å². The van der Waals surface area contributed by atoms with Crippen molar-refractivity contribution in [1.29, 1.82) is 0 Å². The van der Waals surface area contributed by atoms with Crippen LogP contribution in [0.1, 0.15) is 6.92 Å². The smallest absolute Gasteiger partial charge is 0.244 e. The Morgan fingerprint density at radius 2 is 2.19 bits per heavy atom. The predicted molar refractivity (Wildman–Crippen MR) is 63.2 cm³/mol. The minimum atomic E-state index is -0.429. The summed E-state index contributed by atoms with van der Waals surface area (Å²) in [5.74, 6) is 0.466. The van der Waals surface area contributed by atoms with Gasteiger partial charge in [-0.15, -0.1) is 0 Å². The van der Waals surface area contributed by atoms with Gasteiger partial charge in [-0.25, -0.2) is 9.97 Å². The molecule has 6 nitrogen and oxygen atoms in total. The summed E-state index contributed by atoms with van der Waals surface area (Å²) in [7, 11) is 3.35. The van der Waals surface area contributed by atoms with Gasteiger partial charge >= 0.3 is 0 Å². The summed E-state index contributed by atoms with van der Waals surface area (Å²) in [6, 6.07) is -0.429. The number of nitrogens with one attached hydrogen (secondary N) is 1. The zero-order valence-corrected chi connectivity index (χ0v) is 10.1. The molecule has 0 aliphatic heterocycles.